The van der Waals surface area contributed by atoms with E-state index in [4.69, 9.17) is 9.47 Å². The highest BCUT2D eigenvalue weighted by molar-refractivity contribution is 7.17. The number of benzene rings is 1. The third-order valence-corrected chi connectivity index (χ3v) is 3.73. The van der Waals surface area contributed by atoms with Crippen LogP contribution in [0.15, 0.2) is 36.0 Å². The summed E-state index contributed by atoms with van der Waals surface area (Å²) in [7, 11) is 1.50. The minimum atomic E-state index is -1.08. The second-order valence-corrected chi connectivity index (χ2v) is 5.00. The van der Waals surface area contributed by atoms with Crippen molar-refractivity contribution in [3.8, 4) is 17.4 Å². The van der Waals surface area contributed by atoms with Crippen LogP contribution in [-0.2, 0) is 0 Å². The number of carboxylic acid groups (broad SMARTS) is 1. The molecule has 0 aliphatic heterocycles. The SMILES string of the molecule is COc1ccc(C(=O)O)c(Oc2ncnc3ccsc23)c1. The Bertz CT molecular complexity index is 816. The molecule has 3 rings (SSSR count). The maximum atomic E-state index is 11.3. The number of hydrogen-bond acceptors (Lipinski definition) is 6. The molecule has 2 heterocycles. The Labute approximate surface area is 123 Å². The number of ether oxygens (including phenoxy) is 2. The van der Waals surface area contributed by atoms with Crippen LogP contribution in [0.25, 0.3) is 10.2 Å². The highest BCUT2D eigenvalue weighted by atomic mass is 32.1. The van der Waals surface area contributed by atoms with Crippen LogP contribution in [0.4, 0.5) is 0 Å². The predicted molar refractivity (Wildman–Crippen MR) is 77.4 cm³/mol. The number of hydrogen-bond donors (Lipinski definition) is 1. The smallest absolute Gasteiger partial charge is 0.339 e. The van der Waals surface area contributed by atoms with E-state index in [2.05, 4.69) is 9.97 Å². The molecule has 0 saturated heterocycles. The van der Waals surface area contributed by atoms with Gasteiger partial charge in [0.1, 0.15) is 28.1 Å². The number of thiophene rings is 1. The average Bonchev–Trinajstić information content (AvgIpc) is 2.96. The van der Waals surface area contributed by atoms with E-state index < -0.39 is 5.97 Å². The van der Waals surface area contributed by atoms with E-state index in [0.717, 1.165) is 10.2 Å². The topological polar surface area (TPSA) is 81.5 Å². The van der Waals surface area contributed by atoms with Crippen molar-refractivity contribution in [1.29, 1.82) is 0 Å². The van der Waals surface area contributed by atoms with Crippen molar-refractivity contribution in [2.24, 2.45) is 0 Å². The molecular formula is C14H10N2O4S. The van der Waals surface area contributed by atoms with Crippen LogP contribution in [0.3, 0.4) is 0 Å². The molecule has 0 bridgehead atoms. The van der Waals surface area contributed by atoms with Crippen LogP contribution in [0.2, 0.25) is 0 Å². The monoisotopic (exact) mass is 302 g/mol. The van der Waals surface area contributed by atoms with Crippen LogP contribution >= 0.6 is 11.3 Å². The van der Waals surface area contributed by atoms with Gasteiger partial charge in [0, 0.05) is 6.07 Å². The molecule has 0 spiro atoms. The second kappa shape index (κ2) is 5.37. The van der Waals surface area contributed by atoms with Crippen molar-refractivity contribution in [1.82, 2.24) is 9.97 Å². The molecule has 0 saturated carbocycles. The van der Waals surface area contributed by atoms with Gasteiger partial charge in [0.2, 0.25) is 5.88 Å². The molecule has 21 heavy (non-hydrogen) atoms. The van der Waals surface area contributed by atoms with Crippen LogP contribution in [0.5, 0.6) is 17.4 Å². The van der Waals surface area contributed by atoms with Gasteiger partial charge in [0.15, 0.2) is 0 Å². The molecular weight excluding hydrogens is 292 g/mol. The van der Waals surface area contributed by atoms with Crippen molar-refractivity contribution in [2.45, 2.75) is 0 Å². The molecule has 106 valence electrons. The fourth-order valence-electron chi connectivity index (χ4n) is 1.83. The summed E-state index contributed by atoms with van der Waals surface area (Å²) in [6.07, 6.45) is 1.38. The largest absolute Gasteiger partial charge is 0.497 e. The maximum absolute atomic E-state index is 11.3. The Morgan fingerprint density at radius 1 is 1.29 bits per heavy atom. The lowest BCUT2D eigenvalue weighted by molar-refractivity contribution is 0.0694. The van der Waals surface area contributed by atoms with Crippen LogP contribution < -0.4 is 9.47 Å². The Morgan fingerprint density at radius 3 is 2.90 bits per heavy atom. The summed E-state index contributed by atoms with van der Waals surface area (Å²) in [6, 6.07) is 6.36. The van der Waals surface area contributed by atoms with Crippen molar-refractivity contribution >= 4 is 27.5 Å². The Morgan fingerprint density at radius 2 is 2.14 bits per heavy atom. The van der Waals surface area contributed by atoms with Crippen LogP contribution in [-0.4, -0.2) is 28.2 Å². The quantitative estimate of drug-likeness (QED) is 0.797. The summed E-state index contributed by atoms with van der Waals surface area (Å²) in [5, 5.41) is 11.1. The van der Waals surface area contributed by atoms with Crippen molar-refractivity contribution in [3.63, 3.8) is 0 Å². The van der Waals surface area contributed by atoms with Crippen molar-refractivity contribution in [3.05, 3.63) is 41.5 Å². The van der Waals surface area contributed by atoms with Crippen LogP contribution in [0.1, 0.15) is 10.4 Å². The van der Waals surface area contributed by atoms with Gasteiger partial charge in [-0.3, -0.25) is 0 Å². The van der Waals surface area contributed by atoms with E-state index in [-0.39, 0.29) is 11.3 Å². The van der Waals surface area contributed by atoms with Gasteiger partial charge in [-0.05, 0) is 23.6 Å². The number of nitrogens with zero attached hydrogens (tertiary/aromatic N) is 2. The third-order valence-electron chi connectivity index (χ3n) is 2.84. The lowest BCUT2D eigenvalue weighted by Crippen LogP contribution is -2.01. The van der Waals surface area contributed by atoms with E-state index in [1.165, 1.54) is 36.9 Å². The summed E-state index contributed by atoms with van der Waals surface area (Å²) in [6.45, 7) is 0. The first kappa shape index (κ1) is 13.3. The first-order chi connectivity index (χ1) is 10.2. The molecule has 0 unspecified atom stereocenters. The average molecular weight is 302 g/mol. The summed E-state index contributed by atoms with van der Waals surface area (Å²) in [4.78, 5) is 19.5. The zero-order valence-electron chi connectivity index (χ0n) is 10.9. The van der Waals surface area contributed by atoms with E-state index in [1.807, 2.05) is 11.4 Å². The van der Waals surface area contributed by atoms with Gasteiger partial charge in [0.05, 0.1) is 12.6 Å². The molecule has 6 nitrogen and oxygen atoms in total. The molecule has 0 aliphatic carbocycles. The zero-order valence-corrected chi connectivity index (χ0v) is 11.8. The third kappa shape index (κ3) is 2.50. The van der Waals surface area contributed by atoms with Crippen molar-refractivity contribution < 1.29 is 19.4 Å². The molecule has 0 aliphatic rings. The van der Waals surface area contributed by atoms with E-state index in [9.17, 15) is 9.90 Å². The molecule has 0 atom stereocenters. The molecule has 1 aromatic carbocycles. The summed E-state index contributed by atoms with van der Waals surface area (Å²) >= 11 is 1.43. The minimum absolute atomic E-state index is 0.0409. The highest BCUT2D eigenvalue weighted by Crippen LogP contribution is 2.33. The molecule has 1 N–H and O–H groups in total. The standard InChI is InChI=1S/C14H10N2O4S/c1-19-8-2-3-9(14(17)18)11(6-8)20-13-12-10(4-5-21-12)15-7-16-13/h2-7H,1H3,(H,17,18). The molecule has 0 amide bonds. The zero-order chi connectivity index (χ0) is 14.8. The van der Waals surface area contributed by atoms with Crippen molar-refractivity contribution in [2.75, 3.05) is 7.11 Å². The Balaban J connectivity index is 2.08. The molecule has 0 fully saturated rings. The number of carbonyl (C=O) groups is 1. The number of aromatic nitrogens is 2. The minimum Gasteiger partial charge on any atom is -0.497 e. The molecule has 0 radical (unpaired) electrons. The van der Waals surface area contributed by atoms with E-state index in [0.29, 0.717) is 11.6 Å². The fraction of sp³-hybridized carbons (Fsp3) is 0.0714. The van der Waals surface area contributed by atoms with Gasteiger partial charge in [-0.25, -0.2) is 14.8 Å². The number of carboxylic acids is 1. The molecule has 2 aromatic heterocycles. The number of methoxy groups -OCH3 is 1. The normalized spacial score (nSPS) is 10.5. The summed E-state index contributed by atoms with van der Waals surface area (Å²) in [5.74, 6) is -0.0726. The van der Waals surface area contributed by atoms with Gasteiger partial charge in [-0.2, -0.15) is 0 Å². The summed E-state index contributed by atoms with van der Waals surface area (Å²) in [5.41, 5.74) is 0.795. The second-order valence-electron chi connectivity index (χ2n) is 4.08. The highest BCUT2D eigenvalue weighted by Gasteiger charge is 2.15. The maximum Gasteiger partial charge on any atom is 0.339 e. The predicted octanol–water partition coefficient (Wildman–Crippen LogP) is 3.19. The summed E-state index contributed by atoms with van der Waals surface area (Å²) < 4.78 is 11.5. The molecule has 7 heteroatoms. The van der Waals surface area contributed by atoms with Gasteiger partial charge < -0.3 is 14.6 Å². The number of rotatable bonds is 4. The van der Waals surface area contributed by atoms with Crippen LogP contribution in [0, 0.1) is 0 Å². The van der Waals surface area contributed by atoms with E-state index in [1.54, 1.807) is 6.07 Å². The first-order valence-electron chi connectivity index (χ1n) is 5.96. The van der Waals surface area contributed by atoms with Gasteiger partial charge in [-0.1, -0.05) is 0 Å². The number of aromatic carboxylic acids is 1. The van der Waals surface area contributed by atoms with Gasteiger partial charge in [-0.15, -0.1) is 11.3 Å². The van der Waals surface area contributed by atoms with Gasteiger partial charge in [0.25, 0.3) is 0 Å². The Kier molecular flexibility index (Phi) is 3.41. The van der Waals surface area contributed by atoms with E-state index >= 15 is 0 Å². The fourth-order valence-corrected chi connectivity index (χ4v) is 2.60. The van der Waals surface area contributed by atoms with Gasteiger partial charge >= 0.3 is 5.97 Å². The lowest BCUT2D eigenvalue weighted by Gasteiger charge is -2.10. The number of fused-ring (bicyclic) bond motifs is 1. The first-order valence-corrected chi connectivity index (χ1v) is 6.84. The Hall–Kier alpha value is -2.67. The molecule has 3 aromatic rings. The lowest BCUT2D eigenvalue weighted by atomic mass is 10.2.